The van der Waals surface area contributed by atoms with Gasteiger partial charge in [0.05, 0.1) is 11.7 Å². The third-order valence-electron chi connectivity index (χ3n) is 5.38. The van der Waals surface area contributed by atoms with Crippen molar-refractivity contribution in [3.63, 3.8) is 0 Å². The predicted molar refractivity (Wildman–Crippen MR) is 94.3 cm³/mol. The Bertz CT molecular complexity index is 323. The summed E-state index contributed by atoms with van der Waals surface area (Å²) in [6.07, 6.45) is 5.71. The van der Waals surface area contributed by atoms with E-state index in [0.29, 0.717) is 12.1 Å². The maximum atomic E-state index is 6.10. The molecule has 1 saturated heterocycles. The van der Waals surface area contributed by atoms with Crippen LogP contribution in [0.4, 0.5) is 0 Å². The molecule has 3 heteroatoms. The van der Waals surface area contributed by atoms with Crippen molar-refractivity contribution in [1.29, 1.82) is 0 Å². The topological polar surface area (TPSA) is 15.7 Å². The molecule has 2 aliphatic rings. The highest BCUT2D eigenvalue weighted by Gasteiger charge is 2.36. The average molecular weight is 311 g/mol. The van der Waals surface area contributed by atoms with Crippen molar-refractivity contribution >= 4 is 0 Å². The van der Waals surface area contributed by atoms with Gasteiger partial charge in [0.1, 0.15) is 0 Å². The second-order valence-corrected chi connectivity index (χ2v) is 8.64. The SMILES string of the molecule is CCN(CC1CCN(C(C)C)CC1)C1CC(OC(C)(C)C)C1. The van der Waals surface area contributed by atoms with Crippen LogP contribution in [0.2, 0.25) is 0 Å². The van der Waals surface area contributed by atoms with E-state index in [1.165, 1.54) is 51.9 Å². The van der Waals surface area contributed by atoms with Crippen LogP contribution in [0.15, 0.2) is 0 Å². The minimum atomic E-state index is 0.0103. The van der Waals surface area contributed by atoms with Crippen LogP contribution in [-0.4, -0.2) is 59.8 Å². The van der Waals surface area contributed by atoms with Gasteiger partial charge in [-0.3, -0.25) is 0 Å². The van der Waals surface area contributed by atoms with Crippen LogP contribution in [0.3, 0.4) is 0 Å². The zero-order chi connectivity index (χ0) is 16.3. The molecule has 3 nitrogen and oxygen atoms in total. The summed E-state index contributed by atoms with van der Waals surface area (Å²) in [7, 11) is 0. The standard InChI is InChI=1S/C19H38N2O/c1-7-20(17-12-18(13-17)22-19(4,5)6)14-16-8-10-21(11-9-16)15(2)3/h15-18H,7-14H2,1-6H3. The second kappa shape index (κ2) is 7.63. The van der Waals surface area contributed by atoms with Crippen LogP contribution >= 0.6 is 0 Å². The van der Waals surface area contributed by atoms with Crippen molar-refractivity contribution in [1.82, 2.24) is 9.80 Å². The first-order valence-electron chi connectivity index (χ1n) is 9.44. The van der Waals surface area contributed by atoms with Gasteiger partial charge in [-0.1, -0.05) is 6.92 Å². The first-order valence-corrected chi connectivity index (χ1v) is 9.44. The van der Waals surface area contributed by atoms with E-state index in [9.17, 15) is 0 Å². The van der Waals surface area contributed by atoms with Crippen molar-refractivity contribution < 1.29 is 4.74 Å². The van der Waals surface area contributed by atoms with E-state index in [1.807, 2.05) is 0 Å². The van der Waals surface area contributed by atoms with Crippen molar-refractivity contribution in [2.45, 2.75) is 91.0 Å². The maximum Gasteiger partial charge on any atom is 0.0612 e. The van der Waals surface area contributed by atoms with Gasteiger partial charge in [-0.25, -0.2) is 0 Å². The van der Waals surface area contributed by atoms with Crippen LogP contribution in [0, 0.1) is 5.92 Å². The molecular formula is C19H38N2O. The molecule has 0 aromatic carbocycles. The minimum Gasteiger partial charge on any atom is -0.373 e. The van der Waals surface area contributed by atoms with E-state index < -0.39 is 0 Å². The highest BCUT2D eigenvalue weighted by Crippen LogP contribution is 2.32. The third-order valence-corrected chi connectivity index (χ3v) is 5.38. The smallest absolute Gasteiger partial charge is 0.0612 e. The van der Waals surface area contributed by atoms with Crippen LogP contribution in [0.1, 0.15) is 67.2 Å². The van der Waals surface area contributed by atoms with Crippen molar-refractivity contribution in [3.05, 3.63) is 0 Å². The lowest BCUT2D eigenvalue weighted by Gasteiger charge is -2.46. The lowest BCUT2D eigenvalue weighted by Crippen LogP contribution is -2.52. The molecule has 0 bridgehead atoms. The number of nitrogens with zero attached hydrogens (tertiary/aromatic N) is 2. The summed E-state index contributed by atoms with van der Waals surface area (Å²) in [5.41, 5.74) is 0.0103. The highest BCUT2D eigenvalue weighted by atomic mass is 16.5. The first kappa shape index (κ1) is 18.2. The van der Waals surface area contributed by atoms with E-state index in [4.69, 9.17) is 4.74 Å². The summed E-state index contributed by atoms with van der Waals surface area (Å²) in [4.78, 5) is 5.35. The molecule has 2 fully saturated rings. The normalized spacial score (nSPS) is 28.4. The van der Waals surface area contributed by atoms with Gasteiger partial charge in [0, 0.05) is 18.6 Å². The van der Waals surface area contributed by atoms with Crippen molar-refractivity contribution in [2.24, 2.45) is 5.92 Å². The molecule has 2 rings (SSSR count). The molecule has 1 aliphatic carbocycles. The summed E-state index contributed by atoms with van der Waals surface area (Å²) < 4.78 is 6.10. The zero-order valence-corrected chi connectivity index (χ0v) is 15.8. The lowest BCUT2D eigenvalue weighted by atomic mass is 9.85. The van der Waals surface area contributed by atoms with Gasteiger partial charge in [-0.05, 0) is 85.9 Å². The zero-order valence-electron chi connectivity index (χ0n) is 15.8. The Balaban J connectivity index is 1.71. The summed E-state index contributed by atoms with van der Waals surface area (Å²) in [6.45, 7) is 18.5. The fourth-order valence-corrected chi connectivity index (χ4v) is 3.95. The van der Waals surface area contributed by atoms with Gasteiger partial charge in [-0.2, -0.15) is 0 Å². The van der Waals surface area contributed by atoms with Crippen LogP contribution < -0.4 is 0 Å². The highest BCUT2D eigenvalue weighted by molar-refractivity contribution is 4.90. The molecular weight excluding hydrogens is 272 g/mol. The van der Waals surface area contributed by atoms with Crippen molar-refractivity contribution in [2.75, 3.05) is 26.2 Å². The van der Waals surface area contributed by atoms with Gasteiger partial charge >= 0.3 is 0 Å². The largest absolute Gasteiger partial charge is 0.373 e. The first-order chi connectivity index (χ1) is 10.3. The fourth-order valence-electron chi connectivity index (χ4n) is 3.95. The molecule has 130 valence electrons. The van der Waals surface area contributed by atoms with Gasteiger partial charge in [0.25, 0.3) is 0 Å². The van der Waals surface area contributed by atoms with Crippen LogP contribution in [0.5, 0.6) is 0 Å². The monoisotopic (exact) mass is 310 g/mol. The van der Waals surface area contributed by atoms with Crippen LogP contribution in [0.25, 0.3) is 0 Å². The number of ether oxygens (including phenoxy) is 1. The fraction of sp³-hybridized carbons (Fsp3) is 1.00. The average Bonchev–Trinajstić information content (AvgIpc) is 2.39. The molecule has 0 aromatic rings. The minimum absolute atomic E-state index is 0.0103. The summed E-state index contributed by atoms with van der Waals surface area (Å²) in [5, 5.41) is 0. The Labute approximate surface area is 138 Å². The van der Waals surface area contributed by atoms with E-state index in [1.54, 1.807) is 0 Å². The molecule has 0 aromatic heterocycles. The number of hydrogen-bond acceptors (Lipinski definition) is 3. The molecule has 0 amide bonds. The lowest BCUT2D eigenvalue weighted by molar-refractivity contribution is -0.121. The number of likely N-dealkylation sites (tertiary alicyclic amines) is 1. The molecule has 0 atom stereocenters. The molecule has 1 heterocycles. The quantitative estimate of drug-likeness (QED) is 0.742. The Morgan fingerprint density at radius 3 is 2.18 bits per heavy atom. The number of hydrogen-bond donors (Lipinski definition) is 0. The van der Waals surface area contributed by atoms with Crippen LogP contribution in [-0.2, 0) is 4.74 Å². The van der Waals surface area contributed by atoms with Crippen molar-refractivity contribution in [3.8, 4) is 0 Å². The molecule has 0 radical (unpaired) electrons. The van der Waals surface area contributed by atoms with E-state index in [0.717, 1.165) is 12.0 Å². The molecule has 0 spiro atoms. The molecule has 0 N–H and O–H groups in total. The predicted octanol–water partition coefficient (Wildman–Crippen LogP) is 3.77. The second-order valence-electron chi connectivity index (χ2n) is 8.64. The van der Waals surface area contributed by atoms with E-state index in [2.05, 4.69) is 51.3 Å². The molecule has 1 aliphatic heterocycles. The summed E-state index contributed by atoms with van der Waals surface area (Å²) >= 11 is 0. The number of rotatable bonds is 6. The van der Waals surface area contributed by atoms with Gasteiger partial charge in [-0.15, -0.1) is 0 Å². The summed E-state index contributed by atoms with van der Waals surface area (Å²) in [6, 6.07) is 1.48. The Morgan fingerprint density at radius 1 is 1.14 bits per heavy atom. The molecule has 1 saturated carbocycles. The Morgan fingerprint density at radius 2 is 1.73 bits per heavy atom. The van der Waals surface area contributed by atoms with Gasteiger partial charge in [0.15, 0.2) is 0 Å². The van der Waals surface area contributed by atoms with Gasteiger partial charge in [0.2, 0.25) is 0 Å². The van der Waals surface area contributed by atoms with E-state index in [-0.39, 0.29) is 5.60 Å². The molecule has 0 unspecified atom stereocenters. The Hall–Kier alpha value is -0.120. The number of piperidine rings is 1. The molecule has 22 heavy (non-hydrogen) atoms. The Kier molecular flexibility index (Phi) is 6.32. The third kappa shape index (κ3) is 5.21. The van der Waals surface area contributed by atoms with E-state index >= 15 is 0 Å². The van der Waals surface area contributed by atoms with Gasteiger partial charge < -0.3 is 14.5 Å². The summed E-state index contributed by atoms with van der Waals surface area (Å²) in [5.74, 6) is 0.900. The maximum absolute atomic E-state index is 6.10.